The van der Waals surface area contributed by atoms with Crippen LogP contribution in [0.1, 0.15) is 32.3 Å². The third-order valence-electron chi connectivity index (χ3n) is 4.08. The third-order valence-corrected chi connectivity index (χ3v) is 4.08. The Kier molecular flexibility index (Phi) is 5.53. The smallest absolute Gasteiger partial charge is 0.170 e. The number of piperidine rings is 1. The van der Waals surface area contributed by atoms with Gasteiger partial charge in [-0.05, 0) is 33.0 Å². The summed E-state index contributed by atoms with van der Waals surface area (Å²) in [4.78, 5) is 8.59. The van der Waals surface area contributed by atoms with E-state index >= 15 is 0 Å². The summed E-state index contributed by atoms with van der Waals surface area (Å²) in [5.74, 6) is 0.328. The zero-order valence-corrected chi connectivity index (χ0v) is 13.6. The zero-order valence-electron chi connectivity index (χ0n) is 13.6. The average Bonchev–Trinajstić information content (AvgIpc) is 2.46. The first-order chi connectivity index (χ1) is 9.99. The Morgan fingerprint density at radius 2 is 2.24 bits per heavy atom. The maximum Gasteiger partial charge on any atom is 0.170 e. The van der Waals surface area contributed by atoms with Crippen molar-refractivity contribution >= 4 is 5.82 Å². The van der Waals surface area contributed by atoms with E-state index in [2.05, 4.69) is 48.0 Å². The maximum absolute atomic E-state index is 14.7. The number of halogens is 1. The van der Waals surface area contributed by atoms with Crippen LogP contribution in [0.3, 0.4) is 0 Å². The Morgan fingerprint density at radius 3 is 2.90 bits per heavy atom. The highest BCUT2D eigenvalue weighted by atomic mass is 19.1. The molecule has 21 heavy (non-hydrogen) atoms. The number of hydrogen-bond donors (Lipinski definition) is 1. The van der Waals surface area contributed by atoms with E-state index in [1.54, 1.807) is 12.3 Å². The number of hydrogen-bond acceptors (Lipinski definition) is 4. The van der Waals surface area contributed by atoms with Gasteiger partial charge in [0.15, 0.2) is 11.6 Å². The van der Waals surface area contributed by atoms with Crippen molar-refractivity contribution in [2.24, 2.45) is 0 Å². The maximum atomic E-state index is 14.7. The Bertz CT molecular complexity index is 462. The molecule has 1 aromatic rings. The van der Waals surface area contributed by atoms with E-state index in [1.807, 2.05) is 0 Å². The first-order valence-electron chi connectivity index (χ1n) is 7.77. The van der Waals surface area contributed by atoms with Crippen LogP contribution < -0.4 is 10.2 Å². The standard InChI is InChI=1S/C16H27FN4/c1-12(2)19-10-13-7-8-18-16(15(13)17)21-9-5-6-14(11-21)20(3)4/h7-8,12,14,19H,5-6,9-11H2,1-4H3. The van der Waals surface area contributed by atoms with E-state index in [4.69, 9.17) is 0 Å². The predicted molar refractivity (Wildman–Crippen MR) is 85.1 cm³/mol. The molecule has 1 N–H and O–H groups in total. The molecule has 1 unspecified atom stereocenters. The molecule has 2 heterocycles. The zero-order chi connectivity index (χ0) is 15.4. The number of anilines is 1. The predicted octanol–water partition coefficient (Wildman–Crippen LogP) is 2.25. The summed E-state index contributed by atoms with van der Waals surface area (Å²) in [5, 5.41) is 3.27. The van der Waals surface area contributed by atoms with Crippen molar-refractivity contribution in [1.29, 1.82) is 0 Å². The molecule has 0 aromatic carbocycles. The van der Waals surface area contributed by atoms with Crippen molar-refractivity contribution < 1.29 is 4.39 Å². The van der Waals surface area contributed by atoms with Crippen LogP contribution in [-0.2, 0) is 6.54 Å². The number of likely N-dealkylation sites (N-methyl/N-ethyl adjacent to an activating group) is 1. The highest BCUT2D eigenvalue weighted by molar-refractivity contribution is 5.43. The van der Waals surface area contributed by atoms with Gasteiger partial charge in [0, 0.05) is 43.5 Å². The average molecular weight is 294 g/mol. The van der Waals surface area contributed by atoms with E-state index < -0.39 is 0 Å². The molecule has 118 valence electrons. The Balaban J connectivity index is 2.13. The summed E-state index contributed by atoms with van der Waals surface area (Å²) in [6.45, 7) is 6.40. The summed E-state index contributed by atoms with van der Waals surface area (Å²) in [6.07, 6.45) is 3.97. The van der Waals surface area contributed by atoms with E-state index in [0.717, 1.165) is 19.5 Å². The molecule has 0 radical (unpaired) electrons. The summed E-state index contributed by atoms with van der Waals surface area (Å²) in [6, 6.07) is 2.58. The minimum absolute atomic E-state index is 0.176. The molecular weight excluding hydrogens is 267 g/mol. The molecule has 1 aromatic heterocycles. The lowest BCUT2D eigenvalue weighted by atomic mass is 10.0. The van der Waals surface area contributed by atoms with Crippen LogP contribution >= 0.6 is 0 Å². The Morgan fingerprint density at radius 1 is 1.48 bits per heavy atom. The molecule has 4 nitrogen and oxygen atoms in total. The molecule has 1 atom stereocenters. The number of rotatable bonds is 5. The second-order valence-electron chi connectivity index (χ2n) is 6.35. The van der Waals surface area contributed by atoms with Gasteiger partial charge in [0.1, 0.15) is 0 Å². The van der Waals surface area contributed by atoms with Crippen LogP contribution in [0.5, 0.6) is 0 Å². The van der Waals surface area contributed by atoms with Gasteiger partial charge in [-0.2, -0.15) is 0 Å². The van der Waals surface area contributed by atoms with Crippen molar-refractivity contribution in [1.82, 2.24) is 15.2 Å². The molecule has 1 aliphatic heterocycles. The lowest BCUT2D eigenvalue weighted by Crippen LogP contribution is -2.45. The van der Waals surface area contributed by atoms with Crippen LogP contribution in [0.2, 0.25) is 0 Å². The van der Waals surface area contributed by atoms with Gasteiger partial charge in [-0.25, -0.2) is 9.37 Å². The van der Waals surface area contributed by atoms with Crippen LogP contribution in [0.15, 0.2) is 12.3 Å². The Labute approximate surface area is 127 Å². The number of pyridine rings is 1. The minimum atomic E-state index is -0.176. The second-order valence-corrected chi connectivity index (χ2v) is 6.35. The SMILES string of the molecule is CC(C)NCc1ccnc(N2CCCC(N(C)C)C2)c1F. The van der Waals surface area contributed by atoms with E-state index in [0.29, 0.717) is 30.0 Å². The molecule has 1 saturated heterocycles. The first kappa shape index (κ1) is 16.2. The number of nitrogens with zero attached hydrogens (tertiary/aromatic N) is 3. The second kappa shape index (κ2) is 7.18. The molecule has 1 aliphatic rings. The van der Waals surface area contributed by atoms with Gasteiger partial charge in [0.25, 0.3) is 0 Å². The fraction of sp³-hybridized carbons (Fsp3) is 0.688. The van der Waals surface area contributed by atoms with Gasteiger partial charge in [-0.1, -0.05) is 13.8 Å². The molecule has 0 spiro atoms. The molecule has 5 heteroatoms. The molecule has 0 aliphatic carbocycles. The summed E-state index contributed by atoms with van der Waals surface area (Å²) in [5.41, 5.74) is 0.695. The molecule has 0 amide bonds. The van der Waals surface area contributed by atoms with Gasteiger partial charge in [0.05, 0.1) is 0 Å². The summed E-state index contributed by atoms with van der Waals surface area (Å²) >= 11 is 0. The molecule has 0 bridgehead atoms. The molecule has 0 saturated carbocycles. The molecule has 2 rings (SSSR count). The van der Waals surface area contributed by atoms with Crippen molar-refractivity contribution in [3.63, 3.8) is 0 Å². The third kappa shape index (κ3) is 4.14. The first-order valence-corrected chi connectivity index (χ1v) is 7.77. The fourth-order valence-electron chi connectivity index (χ4n) is 2.71. The lowest BCUT2D eigenvalue weighted by Gasteiger charge is -2.37. The van der Waals surface area contributed by atoms with Gasteiger partial charge >= 0.3 is 0 Å². The van der Waals surface area contributed by atoms with Crippen molar-refractivity contribution in [2.45, 2.75) is 45.3 Å². The van der Waals surface area contributed by atoms with Crippen LogP contribution in [-0.4, -0.2) is 49.2 Å². The fourth-order valence-corrected chi connectivity index (χ4v) is 2.71. The number of nitrogens with one attached hydrogen (secondary N) is 1. The van der Waals surface area contributed by atoms with Gasteiger partial charge in [-0.15, -0.1) is 0 Å². The van der Waals surface area contributed by atoms with Crippen molar-refractivity contribution in [2.75, 3.05) is 32.1 Å². The van der Waals surface area contributed by atoms with Gasteiger partial charge in [0.2, 0.25) is 0 Å². The summed E-state index contributed by atoms with van der Waals surface area (Å²) in [7, 11) is 4.17. The minimum Gasteiger partial charge on any atom is -0.353 e. The van der Waals surface area contributed by atoms with Crippen LogP contribution in [0.25, 0.3) is 0 Å². The molecular formula is C16H27FN4. The number of aromatic nitrogens is 1. The van der Waals surface area contributed by atoms with Crippen molar-refractivity contribution in [3.8, 4) is 0 Å². The van der Waals surface area contributed by atoms with E-state index in [1.165, 1.54) is 6.42 Å². The normalized spacial score (nSPS) is 19.6. The monoisotopic (exact) mass is 294 g/mol. The van der Waals surface area contributed by atoms with Gasteiger partial charge in [-0.3, -0.25) is 0 Å². The van der Waals surface area contributed by atoms with E-state index in [-0.39, 0.29) is 5.82 Å². The highest BCUT2D eigenvalue weighted by Gasteiger charge is 2.25. The summed E-state index contributed by atoms with van der Waals surface area (Å²) < 4.78 is 14.7. The largest absolute Gasteiger partial charge is 0.353 e. The van der Waals surface area contributed by atoms with Crippen LogP contribution in [0.4, 0.5) is 10.2 Å². The van der Waals surface area contributed by atoms with E-state index in [9.17, 15) is 4.39 Å². The quantitative estimate of drug-likeness (QED) is 0.902. The topological polar surface area (TPSA) is 31.4 Å². The van der Waals surface area contributed by atoms with Crippen LogP contribution in [0, 0.1) is 5.82 Å². The Hall–Kier alpha value is -1.20. The van der Waals surface area contributed by atoms with Crippen molar-refractivity contribution in [3.05, 3.63) is 23.6 Å². The lowest BCUT2D eigenvalue weighted by molar-refractivity contribution is 0.256. The molecule has 1 fully saturated rings. The highest BCUT2D eigenvalue weighted by Crippen LogP contribution is 2.24. The van der Waals surface area contributed by atoms with Gasteiger partial charge < -0.3 is 15.1 Å².